The van der Waals surface area contributed by atoms with E-state index in [1.165, 1.54) is 12.1 Å². The van der Waals surface area contributed by atoms with Crippen LogP contribution >= 0.6 is 23.2 Å². The van der Waals surface area contributed by atoms with E-state index in [1.54, 1.807) is 19.2 Å². The summed E-state index contributed by atoms with van der Waals surface area (Å²) in [5.74, 6) is 0.127. The summed E-state index contributed by atoms with van der Waals surface area (Å²) in [6, 6.07) is 19.7. The third-order valence-electron chi connectivity index (χ3n) is 4.73. The normalized spacial score (nSPS) is 12.2. The Kier molecular flexibility index (Phi) is 8.15. The lowest BCUT2D eigenvalue weighted by molar-refractivity contribution is -0.122. The van der Waals surface area contributed by atoms with Gasteiger partial charge in [-0.1, -0.05) is 77.8 Å². The van der Waals surface area contributed by atoms with Crippen LogP contribution in [-0.4, -0.2) is 27.5 Å². The topological polar surface area (TPSA) is 84.5 Å². The fourth-order valence-corrected chi connectivity index (χ4v) is 5.52. The van der Waals surface area contributed by atoms with Gasteiger partial charge in [-0.3, -0.25) is 4.79 Å². The molecule has 32 heavy (non-hydrogen) atoms. The van der Waals surface area contributed by atoms with Gasteiger partial charge in [-0.15, -0.1) is 0 Å². The van der Waals surface area contributed by atoms with E-state index in [0.29, 0.717) is 5.75 Å². The molecule has 9 heteroatoms. The molecule has 0 saturated heterocycles. The number of carbonyl (C=O) groups is 1. The molecule has 0 aliphatic carbocycles. The van der Waals surface area contributed by atoms with E-state index >= 15 is 0 Å². The molecule has 0 fully saturated rings. The van der Waals surface area contributed by atoms with Crippen LogP contribution in [-0.2, 0) is 27.8 Å². The maximum Gasteiger partial charge on any atom is 0.244 e. The van der Waals surface area contributed by atoms with Gasteiger partial charge >= 0.3 is 0 Å². The summed E-state index contributed by atoms with van der Waals surface area (Å²) >= 11 is 12.2. The van der Waals surface area contributed by atoms with E-state index in [9.17, 15) is 13.2 Å². The summed E-state index contributed by atoms with van der Waals surface area (Å²) < 4.78 is 33.9. The molecule has 0 aliphatic heterocycles. The molecular weight excluding hydrogens is 471 g/mol. The molecule has 168 valence electrons. The minimum Gasteiger partial charge on any atom is -0.496 e. The van der Waals surface area contributed by atoms with Crippen molar-refractivity contribution in [1.82, 2.24) is 10.0 Å². The van der Waals surface area contributed by atoms with Crippen LogP contribution in [0.25, 0.3) is 0 Å². The molecule has 0 radical (unpaired) electrons. The molecule has 0 bridgehead atoms. The predicted octanol–water partition coefficient (Wildman–Crippen LogP) is 4.21. The van der Waals surface area contributed by atoms with Gasteiger partial charge in [0.25, 0.3) is 0 Å². The molecule has 3 aromatic carbocycles. The van der Waals surface area contributed by atoms with Crippen molar-refractivity contribution in [3.63, 3.8) is 0 Å². The molecule has 0 aromatic heterocycles. The van der Waals surface area contributed by atoms with Crippen LogP contribution in [0.3, 0.4) is 0 Å². The van der Waals surface area contributed by atoms with Crippen molar-refractivity contribution < 1.29 is 17.9 Å². The number of nitrogens with one attached hydrogen (secondary N) is 2. The lowest BCUT2D eigenvalue weighted by Crippen LogP contribution is -2.47. The van der Waals surface area contributed by atoms with Crippen molar-refractivity contribution in [2.45, 2.75) is 23.9 Å². The molecule has 1 amide bonds. The van der Waals surface area contributed by atoms with Crippen molar-refractivity contribution >= 4 is 39.1 Å². The molecular formula is C23H22Cl2N2O4S. The summed E-state index contributed by atoms with van der Waals surface area (Å²) in [6.07, 6.45) is 0.139. The van der Waals surface area contributed by atoms with Gasteiger partial charge in [-0.2, -0.15) is 4.72 Å². The maximum absolute atomic E-state index is 13.1. The number of hydrogen-bond donors (Lipinski definition) is 2. The highest BCUT2D eigenvalue weighted by Crippen LogP contribution is 2.29. The highest BCUT2D eigenvalue weighted by Gasteiger charge is 2.29. The van der Waals surface area contributed by atoms with Crippen LogP contribution < -0.4 is 14.8 Å². The lowest BCUT2D eigenvalue weighted by Gasteiger charge is -2.20. The fourth-order valence-electron chi connectivity index (χ4n) is 3.18. The quantitative estimate of drug-likeness (QED) is 0.468. The van der Waals surface area contributed by atoms with Crippen LogP contribution in [0.4, 0.5) is 0 Å². The Balaban J connectivity index is 1.85. The first kappa shape index (κ1) is 24.1. The van der Waals surface area contributed by atoms with Crippen LogP contribution in [0.2, 0.25) is 10.0 Å². The largest absolute Gasteiger partial charge is 0.496 e. The summed E-state index contributed by atoms with van der Waals surface area (Å²) in [4.78, 5) is 12.8. The molecule has 0 aliphatic rings. The van der Waals surface area contributed by atoms with E-state index in [0.717, 1.165) is 11.1 Å². The van der Waals surface area contributed by atoms with Crippen molar-refractivity contribution in [3.05, 3.63) is 94.0 Å². The molecule has 0 heterocycles. The second kappa shape index (κ2) is 10.8. The molecule has 3 aromatic rings. The fraction of sp³-hybridized carbons (Fsp3) is 0.174. The summed E-state index contributed by atoms with van der Waals surface area (Å²) in [5.41, 5.74) is 1.55. The first-order valence-electron chi connectivity index (χ1n) is 9.71. The third kappa shape index (κ3) is 6.01. The van der Waals surface area contributed by atoms with E-state index in [4.69, 9.17) is 27.9 Å². The third-order valence-corrected chi connectivity index (χ3v) is 7.16. The first-order chi connectivity index (χ1) is 15.3. The number of sulfonamides is 1. The highest BCUT2D eigenvalue weighted by atomic mass is 35.5. The van der Waals surface area contributed by atoms with Crippen LogP contribution in [0, 0.1) is 0 Å². The monoisotopic (exact) mass is 492 g/mol. The van der Waals surface area contributed by atoms with Gasteiger partial charge < -0.3 is 10.1 Å². The molecule has 1 atom stereocenters. The van der Waals surface area contributed by atoms with Crippen molar-refractivity contribution in [2.75, 3.05) is 7.11 Å². The Labute approximate surface area is 197 Å². The Morgan fingerprint density at radius 1 is 0.938 bits per heavy atom. The zero-order valence-electron chi connectivity index (χ0n) is 17.2. The van der Waals surface area contributed by atoms with Crippen LogP contribution in [0.5, 0.6) is 5.75 Å². The van der Waals surface area contributed by atoms with Gasteiger partial charge in [-0.05, 0) is 30.2 Å². The average molecular weight is 493 g/mol. The molecule has 3 rings (SSSR count). The number of benzene rings is 3. The summed E-state index contributed by atoms with van der Waals surface area (Å²) in [5, 5.41) is 2.73. The van der Waals surface area contributed by atoms with Gasteiger partial charge in [0.15, 0.2) is 0 Å². The summed E-state index contributed by atoms with van der Waals surface area (Å²) in [6.45, 7) is 0.169. The Morgan fingerprint density at radius 2 is 1.56 bits per heavy atom. The first-order valence-corrected chi connectivity index (χ1v) is 12.0. The molecule has 0 spiro atoms. The zero-order valence-corrected chi connectivity index (χ0v) is 19.5. The number of hydrogen-bond acceptors (Lipinski definition) is 4. The van der Waals surface area contributed by atoms with Gasteiger partial charge in [0.1, 0.15) is 16.7 Å². The zero-order chi connectivity index (χ0) is 23.1. The SMILES string of the molecule is COc1ccccc1CNC(=O)[C@H](Cc1ccccc1)NS(=O)(=O)c1c(Cl)cccc1Cl. The van der Waals surface area contributed by atoms with Gasteiger partial charge in [0.2, 0.25) is 15.9 Å². The van der Waals surface area contributed by atoms with Crippen molar-refractivity contribution in [1.29, 1.82) is 0 Å². The molecule has 2 N–H and O–H groups in total. The highest BCUT2D eigenvalue weighted by molar-refractivity contribution is 7.89. The average Bonchev–Trinajstić information content (AvgIpc) is 2.77. The van der Waals surface area contributed by atoms with E-state index in [2.05, 4.69) is 10.0 Å². The van der Waals surface area contributed by atoms with Gasteiger partial charge in [0, 0.05) is 12.1 Å². The second-order valence-corrected chi connectivity index (χ2v) is 9.41. The molecule has 6 nitrogen and oxygen atoms in total. The number of halogens is 2. The second-order valence-electron chi connectivity index (χ2n) is 6.94. The van der Waals surface area contributed by atoms with E-state index < -0.39 is 22.0 Å². The lowest BCUT2D eigenvalue weighted by atomic mass is 10.1. The minimum atomic E-state index is -4.18. The standard InChI is InChI=1S/C23H22Cl2N2O4S/c1-31-21-13-6-5-10-17(21)15-26-23(28)20(14-16-8-3-2-4-9-16)27-32(29,30)22-18(24)11-7-12-19(22)25/h2-13,20,27H,14-15H2,1H3,(H,26,28)/t20-/m0/s1. The maximum atomic E-state index is 13.1. The van der Waals surface area contributed by atoms with Gasteiger partial charge in [0.05, 0.1) is 17.2 Å². The number of amides is 1. The Morgan fingerprint density at radius 3 is 2.22 bits per heavy atom. The number of methoxy groups -OCH3 is 1. The number of para-hydroxylation sites is 1. The van der Waals surface area contributed by atoms with Crippen LogP contribution in [0.15, 0.2) is 77.7 Å². The predicted molar refractivity (Wildman–Crippen MR) is 126 cm³/mol. The van der Waals surface area contributed by atoms with Crippen molar-refractivity contribution in [3.8, 4) is 5.75 Å². The smallest absolute Gasteiger partial charge is 0.244 e. The molecule has 0 unspecified atom stereocenters. The molecule has 0 saturated carbocycles. The van der Waals surface area contributed by atoms with Crippen molar-refractivity contribution in [2.24, 2.45) is 0 Å². The summed E-state index contributed by atoms with van der Waals surface area (Å²) in [7, 11) is -2.64. The number of rotatable bonds is 9. The van der Waals surface area contributed by atoms with Gasteiger partial charge in [-0.25, -0.2) is 8.42 Å². The van der Waals surface area contributed by atoms with E-state index in [1.807, 2.05) is 48.5 Å². The minimum absolute atomic E-state index is 0.0297. The number of ether oxygens (including phenoxy) is 1. The Bertz CT molecular complexity index is 1170. The van der Waals surface area contributed by atoms with Crippen LogP contribution in [0.1, 0.15) is 11.1 Å². The van der Waals surface area contributed by atoms with E-state index in [-0.39, 0.29) is 27.9 Å². The number of carbonyl (C=O) groups excluding carboxylic acids is 1. The Hall–Kier alpha value is -2.58.